The van der Waals surface area contributed by atoms with Crippen LogP contribution in [0.15, 0.2) is 24.5 Å². The van der Waals surface area contributed by atoms with Crippen molar-refractivity contribution in [1.82, 2.24) is 9.97 Å². The van der Waals surface area contributed by atoms with Crippen molar-refractivity contribution >= 4 is 17.0 Å². The first-order valence-electron chi connectivity index (χ1n) is 4.61. The van der Waals surface area contributed by atoms with Gasteiger partial charge in [-0.05, 0) is 17.7 Å². The molecular weight excluding hydrogens is 212 g/mol. The number of aliphatic hydroxyl groups is 2. The van der Waals surface area contributed by atoms with E-state index < -0.39 is 18.2 Å². The van der Waals surface area contributed by atoms with Gasteiger partial charge >= 0.3 is 5.97 Å². The van der Waals surface area contributed by atoms with Crippen LogP contribution in [-0.4, -0.2) is 37.4 Å². The summed E-state index contributed by atoms with van der Waals surface area (Å²) in [6.45, 7) is 0. The van der Waals surface area contributed by atoms with Crippen LogP contribution in [0.3, 0.4) is 0 Å². The third kappa shape index (κ3) is 1.75. The third-order valence-electron chi connectivity index (χ3n) is 2.34. The fourth-order valence-electron chi connectivity index (χ4n) is 1.45. The Morgan fingerprint density at radius 1 is 1.38 bits per heavy atom. The Morgan fingerprint density at radius 3 is 2.81 bits per heavy atom. The van der Waals surface area contributed by atoms with Crippen LogP contribution < -0.4 is 0 Å². The minimum atomic E-state index is -1.83. The summed E-state index contributed by atoms with van der Waals surface area (Å²) in [4.78, 5) is 17.3. The fraction of sp³-hybridized carbons (Fsp3) is 0.200. The Balaban J connectivity index is 2.35. The molecule has 2 unspecified atom stereocenters. The van der Waals surface area contributed by atoms with Gasteiger partial charge in [-0.1, -0.05) is 6.07 Å². The quantitative estimate of drug-likeness (QED) is 0.586. The van der Waals surface area contributed by atoms with E-state index in [1.165, 1.54) is 12.4 Å². The minimum Gasteiger partial charge on any atom is -0.479 e. The van der Waals surface area contributed by atoms with Crippen LogP contribution in [0.25, 0.3) is 11.0 Å². The number of carbonyl (C=O) groups is 1. The number of aliphatic carboxylic acids is 1. The maximum absolute atomic E-state index is 10.5. The molecule has 1 aromatic heterocycles. The Kier molecular flexibility index (Phi) is 2.59. The summed E-state index contributed by atoms with van der Waals surface area (Å²) in [5, 5.41) is 27.3. The number of carboxylic acids is 1. The summed E-state index contributed by atoms with van der Waals surface area (Å²) in [5.74, 6) is -1.46. The Labute approximate surface area is 90.2 Å². The zero-order chi connectivity index (χ0) is 11.7. The number of fused-ring (bicyclic) bond motifs is 1. The van der Waals surface area contributed by atoms with E-state index in [9.17, 15) is 15.0 Å². The van der Waals surface area contributed by atoms with E-state index in [1.807, 2.05) is 0 Å². The summed E-state index contributed by atoms with van der Waals surface area (Å²) >= 11 is 0. The molecule has 6 nitrogen and oxygen atoms in total. The van der Waals surface area contributed by atoms with Gasteiger partial charge in [-0.3, -0.25) is 0 Å². The lowest BCUT2D eigenvalue weighted by atomic mass is 10.0. The fourth-order valence-corrected chi connectivity index (χ4v) is 1.45. The molecule has 2 aromatic rings. The number of nitrogens with zero attached hydrogens (tertiary/aromatic N) is 1. The molecular formula is C10H10N2O4. The van der Waals surface area contributed by atoms with Crippen LogP contribution in [-0.2, 0) is 4.79 Å². The van der Waals surface area contributed by atoms with Crippen molar-refractivity contribution in [2.75, 3.05) is 0 Å². The van der Waals surface area contributed by atoms with Crippen LogP contribution in [0, 0.1) is 0 Å². The van der Waals surface area contributed by atoms with Gasteiger partial charge in [0, 0.05) is 0 Å². The van der Waals surface area contributed by atoms with Gasteiger partial charge < -0.3 is 20.3 Å². The van der Waals surface area contributed by atoms with Gasteiger partial charge in [0.1, 0.15) is 6.10 Å². The number of hydrogen-bond acceptors (Lipinski definition) is 4. The molecule has 1 aromatic carbocycles. The molecule has 1 heterocycles. The van der Waals surface area contributed by atoms with Gasteiger partial charge in [0.15, 0.2) is 6.10 Å². The molecule has 0 radical (unpaired) electrons. The van der Waals surface area contributed by atoms with Crippen LogP contribution in [0.2, 0.25) is 0 Å². The van der Waals surface area contributed by atoms with Crippen molar-refractivity contribution < 1.29 is 20.1 Å². The van der Waals surface area contributed by atoms with Gasteiger partial charge in [-0.2, -0.15) is 0 Å². The van der Waals surface area contributed by atoms with Gasteiger partial charge in [-0.25, -0.2) is 9.78 Å². The topological polar surface area (TPSA) is 106 Å². The Bertz CT molecular complexity index is 522. The van der Waals surface area contributed by atoms with Crippen LogP contribution in [0.1, 0.15) is 11.7 Å². The highest BCUT2D eigenvalue weighted by molar-refractivity contribution is 5.76. The summed E-state index contributed by atoms with van der Waals surface area (Å²) in [6.07, 6.45) is -1.79. The molecule has 2 atom stereocenters. The second kappa shape index (κ2) is 3.92. The predicted molar refractivity (Wildman–Crippen MR) is 54.7 cm³/mol. The molecule has 0 bridgehead atoms. The average molecular weight is 222 g/mol. The number of imidazole rings is 1. The van der Waals surface area contributed by atoms with Crippen molar-refractivity contribution in [3.05, 3.63) is 30.1 Å². The lowest BCUT2D eigenvalue weighted by Crippen LogP contribution is -2.27. The highest BCUT2D eigenvalue weighted by Crippen LogP contribution is 2.20. The van der Waals surface area contributed by atoms with E-state index in [-0.39, 0.29) is 0 Å². The number of aliphatic hydroxyl groups excluding tert-OH is 2. The SMILES string of the molecule is O=C(O)C(O)C(O)c1ccc2nc[nH]c2c1. The molecule has 0 amide bonds. The van der Waals surface area contributed by atoms with Crippen LogP contribution in [0.4, 0.5) is 0 Å². The summed E-state index contributed by atoms with van der Waals surface area (Å²) in [6, 6.07) is 4.72. The molecule has 16 heavy (non-hydrogen) atoms. The number of aromatic amines is 1. The minimum absolute atomic E-state index is 0.326. The molecule has 0 spiro atoms. The number of benzene rings is 1. The van der Waals surface area contributed by atoms with Crippen molar-refractivity contribution in [1.29, 1.82) is 0 Å². The molecule has 84 valence electrons. The number of rotatable bonds is 3. The maximum atomic E-state index is 10.5. The number of H-pyrrole nitrogens is 1. The first-order chi connectivity index (χ1) is 7.59. The standard InChI is InChI=1S/C10H10N2O4/c13-8(9(14)10(15)16)5-1-2-6-7(3-5)12-4-11-6/h1-4,8-9,13-14H,(H,11,12)(H,15,16). The average Bonchev–Trinajstić information content (AvgIpc) is 2.73. The number of hydrogen-bond donors (Lipinski definition) is 4. The first kappa shape index (κ1) is 10.6. The number of carboxylic acid groups (broad SMARTS) is 1. The van der Waals surface area contributed by atoms with E-state index in [1.54, 1.807) is 12.1 Å². The number of aromatic nitrogens is 2. The van der Waals surface area contributed by atoms with Crippen molar-refractivity contribution in [2.45, 2.75) is 12.2 Å². The largest absolute Gasteiger partial charge is 0.479 e. The van der Waals surface area contributed by atoms with Crippen molar-refractivity contribution in [3.8, 4) is 0 Å². The highest BCUT2D eigenvalue weighted by atomic mass is 16.4. The van der Waals surface area contributed by atoms with Crippen LogP contribution >= 0.6 is 0 Å². The molecule has 0 aliphatic rings. The second-order valence-electron chi connectivity index (χ2n) is 3.41. The monoisotopic (exact) mass is 222 g/mol. The molecule has 6 heteroatoms. The van der Waals surface area contributed by atoms with Crippen molar-refractivity contribution in [2.24, 2.45) is 0 Å². The predicted octanol–water partition coefficient (Wildman–Crippen LogP) is 0.0418. The molecule has 0 saturated carbocycles. The van der Waals surface area contributed by atoms with Gasteiger partial charge in [0.25, 0.3) is 0 Å². The van der Waals surface area contributed by atoms with E-state index in [4.69, 9.17) is 5.11 Å². The Hall–Kier alpha value is -1.92. The first-order valence-corrected chi connectivity index (χ1v) is 4.61. The van der Waals surface area contributed by atoms with E-state index in [0.29, 0.717) is 16.6 Å². The van der Waals surface area contributed by atoms with E-state index in [0.717, 1.165) is 0 Å². The lowest BCUT2D eigenvalue weighted by molar-refractivity contribution is -0.153. The molecule has 0 saturated heterocycles. The second-order valence-corrected chi connectivity index (χ2v) is 3.41. The number of nitrogens with one attached hydrogen (secondary N) is 1. The summed E-state index contributed by atoms with van der Waals surface area (Å²) in [7, 11) is 0. The van der Waals surface area contributed by atoms with Crippen LogP contribution in [0.5, 0.6) is 0 Å². The lowest BCUT2D eigenvalue weighted by Gasteiger charge is -2.13. The van der Waals surface area contributed by atoms with Gasteiger partial charge in [-0.15, -0.1) is 0 Å². The molecule has 0 aliphatic heterocycles. The normalized spacial score (nSPS) is 14.9. The summed E-state index contributed by atoms with van der Waals surface area (Å²) in [5.41, 5.74) is 1.71. The molecule has 4 N–H and O–H groups in total. The third-order valence-corrected chi connectivity index (χ3v) is 2.34. The highest BCUT2D eigenvalue weighted by Gasteiger charge is 2.25. The molecule has 0 fully saturated rings. The smallest absolute Gasteiger partial charge is 0.335 e. The zero-order valence-corrected chi connectivity index (χ0v) is 8.16. The van der Waals surface area contributed by atoms with E-state index >= 15 is 0 Å². The molecule has 0 aliphatic carbocycles. The van der Waals surface area contributed by atoms with Gasteiger partial charge in [0.05, 0.1) is 17.4 Å². The zero-order valence-electron chi connectivity index (χ0n) is 8.16. The van der Waals surface area contributed by atoms with Gasteiger partial charge in [0.2, 0.25) is 0 Å². The Morgan fingerprint density at radius 2 is 2.12 bits per heavy atom. The maximum Gasteiger partial charge on any atom is 0.335 e. The van der Waals surface area contributed by atoms with E-state index in [2.05, 4.69) is 9.97 Å². The van der Waals surface area contributed by atoms with Crippen molar-refractivity contribution in [3.63, 3.8) is 0 Å². The summed E-state index contributed by atoms with van der Waals surface area (Å²) < 4.78 is 0. The molecule has 2 rings (SSSR count).